The summed E-state index contributed by atoms with van der Waals surface area (Å²) in [5, 5.41) is 12.4. The summed E-state index contributed by atoms with van der Waals surface area (Å²) in [6.07, 6.45) is 1.89. The lowest BCUT2D eigenvalue weighted by atomic mass is 10.0. The first-order valence-electron chi connectivity index (χ1n) is 8.16. The topological polar surface area (TPSA) is 42.4 Å². The van der Waals surface area contributed by atoms with Gasteiger partial charge in [0.25, 0.3) is 0 Å². The molecule has 2 aromatic carbocycles. The molecule has 0 aliphatic carbocycles. The van der Waals surface area contributed by atoms with Gasteiger partial charge in [-0.05, 0) is 35.8 Å². The van der Waals surface area contributed by atoms with E-state index < -0.39 is 0 Å². The van der Waals surface area contributed by atoms with Gasteiger partial charge in [0.2, 0.25) is 5.05 Å². The van der Waals surface area contributed by atoms with Gasteiger partial charge in [-0.1, -0.05) is 67.4 Å². The summed E-state index contributed by atoms with van der Waals surface area (Å²) in [5.74, 6) is -0.00122. The predicted molar refractivity (Wildman–Crippen MR) is 106 cm³/mol. The lowest BCUT2D eigenvalue weighted by Crippen LogP contribution is -2.08. The summed E-state index contributed by atoms with van der Waals surface area (Å²) >= 11 is 11.6. The van der Waals surface area contributed by atoms with Crippen LogP contribution in [-0.2, 0) is 4.74 Å². The molecule has 0 fully saturated rings. The molecule has 1 N–H and O–H groups in total. The van der Waals surface area contributed by atoms with Crippen molar-refractivity contribution < 1.29 is 9.84 Å². The Morgan fingerprint density at radius 3 is 2.60 bits per heavy atom. The van der Waals surface area contributed by atoms with Crippen LogP contribution in [0.15, 0.2) is 48.5 Å². The smallest absolute Gasteiger partial charge is 0.214 e. The van der Waals surface area contributed by atoms with Gasteiger partial charge >= 0.3 is 0 Å². The van der Waals surface area contributed by atoms with Gasteiger partial charge in [0.05, 0.1) is 6.61 Å². The summed E-state index contributed by atoms with van der Waals surface area (Å²) < 4.78 is 5.52. The number of benzene rings is 2. The monoisotopic (exact) mass is 371 g/mol. The Morgan fingerprint density at radius 2 is 1.88 bits per heavy atom. The number of ether oxygens (including phenoxy) is 1. The third-order valence-electron chi connectivity index (χ3n) is 3.96. The molecule has 25 heavy (non-hydrogen) atoms. The lowest BCUT2D eigenvalue weighted by Gasteiger charge is -2.12. The Balaban J connectivity index is 2.06. The highest BCUT2D eigenvalue weighted by molar-refractivity contribution is 7.80. The first-order chi connectivity index (χ1) is 12.1. The molecule has 1 heterocycles. The maximum Gasteiger partial charge on any atom is 0.214 e. The molecule has 0 saturated carbocycles. The van der Waals surface area contributed by atoms with Crippen LogP contribution in [0.25, 0.3) is 21.9 Å². The first-order valence-corrected chi connectivity index (χ1v) is 8.95. The summed E-state index contributed by atoms with van der Waals surface area (Å²) in [5.41, 5.74) is 2.25. The van der Waals surface area contributed by atoms with Crippen LogP contribution in [0, 0.1) is 0 Å². The van der Waals surface area contributed by atoms with Crippen molar-refractivity contribution in [3.63, 3.8) is 0 Å². The molecule has 3 nitrogen and oxygen atoms in total. The zero-order chi connectivity index (χ0) is 17.8. The van der Waals surface area contributed by atoms with E-state index in [-0.39, 0.29) is 16.5 Å². The van der Waals surface area contributed by atoms with Crippen molar-refractivity contribution in [1.82, 2.24) is 4.98 Å². The molecule has 0 spiro atoms. The minimum Gasteiger partial charge on any atom is -0.505 e. The Hall–Kier alpha value is -2.17. The second kappa shape index (κ2) is 7.81. The van der Waals surface area contributed by atoms with Crippen LogP contribution in [0.2, 0.25) is 5.15 Å². The molecule has 0 aliphatic rings. The van der Waals surface area contributed by atoms with E-state index in [2.05, 4.69) is 11.9 Å². The SMILES string of the molecule is CCCCOC(=S)c1nc(Cl)c2ccc(-c3ccccc3)cc2c1O. The number of nitrogens with zero attached hydrogens (tertiary/aromatic N) is 1. The highest BCUT2D eigenvalue weighted by Gasteiger charge is 2.17. The maximum atomic E-state index is 10.7. The molecular formula is C20H18ClNO2S. The Morgan fingerprint density at radius 1 is 1.12 bits per heavy atom. The number of thiocarbonyl (C=S) groups is 1. The van der Waals surface area contributed by atoms with E-state index >= 15 is 0 Å². The average Bonchev–Trinajstić information content (AvgIpc) is 2.65. The number of hydrogen-bond donors (Lipinski definition) is 1. The van der Waals surface area contributed by atoms with Gasteiger partial charge in [0, 0.05) is 10.8 Å². The van der Waals surface area contributed by atoms with Crippen molar-refractivity contribution in [2.45, 2.75) is 19.8 Å². The molecule has 0 unspecified atom stereocenters. The normalized spacial score (nSPS) is 10.8. The molecule has 3 aromatic rings. The second-order valence-electron chi connectivity index (χ2n) is 5.72. The fourth-order valence-corrected chi connectivity index (χ4v) is 3.06. The minimum absolute atomic E-state index is 0.00122. The Bertz CT molecular complexity index is 912. The molecule has 128 valence electrons. The van der Waals surface area contributed by atoms with E-state index in [1.165, 1.54) is 0 Å². The predicted octanol–water partition coefficient (Wildman–Crippen LogP) is 5.75. The molecule has 0 amide bonds. The molecule has 1 aromatic heterocycles. The van der Waals surface area contributed by atoms with E-state index in [1.807, 2.05) is 48.5 Å². The second-order valence-corrected chi connectivity index (χ2v) is 6.44. The molecular weight excluding hydrogens is 354 g/mol. The summed E-state index contributed by atoms with van der Waals surface area (Å²) in [6.45, 7) is 2.57. The Labute approximate surface area is 157 Å². The lowest BCUT2D eigenvalue weighted by molar-refractivity contribution is 0.303. The largest absolute Gasteiger partial charge is 0.505 e. The van der Waals surface area contributed by atoms with Crippen LogP contribution in [0.3, 0.4) is 0 Å². The molecule has 0 bridgehead atoms. The molecule has 0 atom stereocenters. The van der Waals surface area contributed by atoms with E-state index in [0.29, 0.717) is 22.5 Å². The number of unbranched alkanes of at least 4 members (excludes halogenated alkanes) is 1. The van der Waals surface area contributed by atoms with E-state index in [9.17, 15) is 5.11 Å². The van der Waals surface area contributed by atoms with Crippen molar-refractivity contribution in [2.24, 2.45) is 0 Å². The number of aromatic hydroxyl groups is 1. The van der Waals surface area contributed by atoms with Gasteiger partial charge in [-0.15, -0.1) is 0 Å². The molecule has 0 saturated heterocycles. The van der Waals surface area contributed by atoms with Crippen LogP contribution in [-0.4, -0.2) is 21.7 Å². The van der Waals surface area contributed by atoms with Gasteiger partial charge in [0.15, 0.2) is 11.4 Å². The summed E-state index contributed by atoms with van der Waals surface area (Å²) in [4.78, 5) is 4.23. The van der Waals surface area contributed by atoms with Gasteiger partial charge in [0.1, 0.15) is 5.15 Å². The minimum atomic E-state index is -0.00122. The van der Waals surface area contributed by atoms with Crippen LogP contribution in [0.5, 0.6) is 5.75 Å². The fourth-order valence-electron chi connectivity index (χ4n) is 2.59. The quantitative estimate of drug-likeness (QED) is 0.352. The van der Waals surface area contributed by atoms with Gasteiger partial charge < -0.3 is 9.84 Å². The van der Waals surface area contributed by atoms with Gasteiger partial charge in [-0.2, -0.15) is 0 Å². The van der Waals surface area contributed by atoms with Crippen molar-refractivity contribution in [3.8, 4) is 16.9 Å². The number of aromatic nitrogens is 1. The van der Waals surface area contributed by atoms with Crippen LogP contribution in [0.1, 0.15) is 25.5 Å². The number of fused-ring (bicyclic) bond motifs is 1. The zero-order valence-corrected chi connectivity index (χ0v) is 15.4. The van der Waals surface area contributed by atoms with Crippen molar-refractivity contribution in [2.75, 3.05) is 6.61 Å². The van der Waals surface area contributed by atoms with Crippen molar-refractivity contribution in [1.29, 1.82) is 0 Å². The highest BCUT2D eigenvalue weighted by atomic mass is 35.5. The van der Waals surface area contributed by atoms with Crippen molar-refractivity contribution >= 4 is 39.6 Å². The molecule has 3 rings (SSSR count). The fraction of sp³-hybridized carbons (Fsp3) is 0.200. The maximum absolute atomic E-state index is 10.7. The van der Waals surface area contributed by atoms with Crippen LogP contribution < -0.4 is 0 Å². The number of pyridine rings is 1. The van der Waals surface area contributed by atoms with Crippen molar-refractivity contribution in [3.05, 3.63) is 59.4 Å². The number of hydrogen-bond acceptors (Lipinski definition) is 4. The third kappa shape index (κ3) is 3.75. The molecule has 5 heteroatoms. The number of rotatable bonds is 5. The summed E-state index contributed by atoms with van der Waals surface area (Å²) in [7, 11) is 0. The summed E-state index contributed by atoms with van der Waals surface area (Å²) in [6, 6.07) is 15.7. The van der Waals surface area contributed by atoms with Crippen LogP contribution in [0.4, 0.5) is 0 Å². The van der Waals surface area contributed by atoms with Gasteiger partial charge in [-0.3, -0.25) is 0 Å². The average molecular weight is 372 g/mol. The Kier molecular flexibility index (Phi) is 5.51. The van der Waals surface area contributed by atoms with E-state index in [1.54, 1.807) is 0 Å². The third-order valence-corrected chi connectivity index (χ3v) is 4.56. The highest BCUT2D eigenvalue weighted by Crippen LogP contribution is 2.35. The molecule has 0 aliphatic heterocycles. The standard InChI is InChI=1S/C20H18ClNO2S/c1-2-3-11-24-20(25)17-18(23)16-12-14(13-7-5-4-6-8-13)9-10-15(16)19(21)22-17/h4-10,12,23H,2-3,11H2,1H3. The molecule has 0 radical (unpaired) electrons. The van der Waals surface area contributed by atoms with E-state index in [0.717, 1.165) is 24.0 Å². The van der Waals surface area contributed by atoms with E-state index in [4.69, 9.17) is 28.6 Å². The number of halogens is 1. The van der Waals surface area contributed by atoms with Gasteiger partial charge in [-0.25, -0.2) is 4.98 Å². The first kappa shape index (κ1) is 17.6. The zero-order valence-electron chi connectivity index (χ0n) is 13.8. The van der Waals surface area contributed by atoms with Crippen LogP contribution >= 0.6 is 23.8 Å².